The van der Waals surface area contributed by atoms with Gasteiger partial charge in [-0.1, -0.05) is 0 Å². The van der Waals surface area contributed by atoms with E-state index in [2.05, 4.69) is 4.74 Å². The van der Waals surface area contributed by atoms with Gasteiger partial charge in [0.1, 0.15) is 0 Å². The van der Waals surface area contributed by atoms with Crippen LogP contribution in [0.4, 0.5) is 0 Å². The van der Waals surface area contributed by atoms with Gasteiger partial charge in [-0.05, 0) is 0 Å². The normalized spacial score (nSPS) is 9.54. The van der Waals surface area contributed by atoms with Gasteiger partial charge in [0.15, 0.2) is 12.9 Å². The Balaban J connectivity index is 3.82. The van der Waals surface area contributed by atoms with Crippen LogP contribution >= 0.6 is 0 Å². The van der Waals surface area contributed by atoms with Gasteiger partial charge >= 0.3 is 11.9 Å². The monoisotopic (exact) mass is 186 g/mol. The molecule has 0 fully saturated rings. The summed E-state index contributed by atoms with van der Waals surface area (Å²) in [5, 5.41) is 8.07. The minimum atomic E-state index is -1.31. The lowest BCUT2D eigenvalue weighted by Gasteiger charge is -1.94. The Morgan fingerprint density at radius 2 is 1.85 bits per heavy atom. The average Bonchev–Trinajstić information content (AvgIpc) is 2.10. The molecule has 6 heteroatoms. The van der Waals surface area contributed by atoms with Crippen molar-refractivity contribution in [3.63, 3.8) is 0 Å². The fourth-order valence-electron chi connectivity index (χ4n) is 0.364. The van der Waals surface area contributed by atoms with Gasteiger partial charge in [0.25, 0.3) is 0 Å². The van der Waals surface area contributed by atoms with Crippen molar-refractivity contribution >= 4 is 24.0 Å². The Morgan fingerprint density at radius 3 is 2.31 bits per heavy atom. The van der Waals surface area contributed by atoms with Crippen LogP contribution in [-0.2, 0) is 23.9 Å². The minimum Gasteiger partial charge on any atom is -0.478 e. The molecule has 0 aliphatic carbocycles. The maximum atomic E-state index is 10.5. The first-order valence-electron chi connectivity index (χ1n) is 3.12. The third-order valence-electron chi connectivity index (χ3n) is 0.850. The predicted octanol–water partition coefficient (Wildman–Crippen LogP) is -1.06. The van der Waals surface area contributed by atoms with E-state index in [1.54, 1.807) is 0 Å². The zero-order valence-corrected chi connectivity index (χ0v) is 6.43. The Kier molecular flexibility index (Phi) is 4.78. The first-order chi connectivity index (χ1) is 6.06. The van der Waals surface area contributed by atoms with E-state index in [0.29, 0.717) is 12.2 Å². The number of carbonyl (C=O) groups is 4. The quantitative estimate of drug-likeness (QED) is 0.254. The second-order valence-electron chi connectivity index (χ2n) is 1.86. The first kappa shape index (κ1) is 11.0. The Labute approximate surface area is 72.8 Å². The van der Waals surface area contributed by atoms with Crippen molar-refractivity contribution in [3.05, 3.63) is 12.2 Å². The highest BCUT2D eigenvalue weighted by molar-refractivity contribution is 6.25. The van der Waals surface area contributed by atoms with E-state index in [-0.39, 0.29) is 6.29 Å². The van der Waals surface area contributed by atoms with Crippen LogP contribution in [0.15, 0.2) is 12.2 Å². The lowest BCUT2D eigenvalue weighted by molar-refractivity contribution is -0.144. The molecule has 0 rings (SSSR count). The SMILES string of the molecule is O=CC(=O)COC(=O)/C=C/C(=O)O. The van der Waals surface area contributed by atoms with E-state index >= 15 is 0 Å². The average molecular weight is 186 g/mol. The summed E-state index contributed by atoms with van der Waals surface area (Å²) in [4.78, 5) is 40.4. The fraction of sp³-hybridized carbons (Fsp3) is 0.143. The summed E-state index contributed by atoms with van der Waals surface area (Å²) < 4.78 is 4.18. The number of aliphatic carboxylic acids is 1. The van der Waals surface area contributed by atoms with Crippen LogP contribution in [0, 0.1) is 0 Å². The van der Waals surface area contributed by atoms with Crippen molar-refractivity contribution in [2.75, 3.05) is 6.61 Å². The molecule has 6 nitrogen and oxygen atoms in total. The number of carboxylic acid groups (broad SMARTS) is 1. The standard InChI is InChI=1S/C7H6O6/c8-3-5(9)4-13-7(12)2-1-6(10)11/h1-3H,4H2,(H,10,11)/b2-1+. The highest BCUT2D eigenvalue weighted by Crippen LogP contribution is 1.82. The number of hydrogen-bond acceptors (Lipinski definition) is 5. The van der Waals surface area contributed by atoms with Crippen LogP contribution in [0.3, 0.4) is 0 Å². The van der Waals surface area contributed by atoms with Crippen LogP contribution in [0.1, 0.15) is 0 Å². The van der Waals surface area contributed by atoms with Crippen LogP contribution in [0.2, 0.25) is 0 Å². The third-order valence-corrected chi connectivity index (χ3v) is 0.850. The summed E-state index contributed by atoms with van der Waals surface area (Å²) in [6.45, 7) is -0.674. The first-order valence-corrected chi connectivity index (χ1v) is 3.12. The number of ether oxygens (including phenoxy) is 1. The molecule has 0 radical (unpaired) electrons. The Hall–Kier alpha value is -1.98. The van der Waals surface area contributed by atoms with Crippen molar-refractivity contribution in [2.24, 2.45) is 0 Å². The molecule has 0 atom stereocenters. The van der Waals surface area contributed by atoms with Crippen molar-refractivity contribution in [2.45, 2.75) is 0 Å². The molecule has 0 saturated carbocycles. The number of carbonyl (C=O) groups excluding carboxylic acids is 3. The summed E-state index contributed by atoms with van der Waals surface area (Å²) in [5.74, 6) is -3.19. The number of aldehydes is 1. The molecule has 13 heavy (non-hydrogen) atoms. The highest BCUT2D eigenvalue weighted by Gasteiger charge is 2.03. The van der Waals surface area contributed by atoms with Gasteiger partial charge in [0.2, 0.25) is 5.78 Å². The lowest BCUT2D eigenvalue weighted by Crippen LogP contribution is -2.13. The van der Waals surface area contributed by atoms with E-state index in [0.717, 1.165) is 0 Å². The highest BCUT2D eigenvalue weighted by atomic mass is 16.5. The van der Waals surface area contributed by atoms with E-state index in [1.807, 2.05) is 0 Å². The molecule has 0 amide bonds. The maximum Gasteiger partial charge on any atom is 0.331 e. The summed E-state index contributed by atoms with van der Waals surface area (Å²) in [5.41, 5.74) is 0. The van der Waals surface area contributed by atoms with E-state index < -0.39 is 24.3 Å². The zero-order valence-electron chi connectivity index (χ0n) is 6.43. The van der Waals surface area contributed by atoms with Crippen molar-refractivity contribution in [1.82, 2.24) is 0 Å². The maximum absolute atomic E-state index is 10.5. The molecule has 1 N–H and O–H groups in total. The molecular weight excluding hydrogens is 180 g/mol. The van der Waals surface area contributed by atoms with E-state index in [4.69, 9.17) is 5.11 Å². The van der Waals surface area contributed by atoms with Crippen LogP contribution in [-0.4, -0.2) is 35.7 Å². The lowest BCUT2D eigenvalue weighted by atomic mass is 10.4. The summed E-state index contributed by atoms with van der Waals surface area (Å²) in [6, 6.07) is 0. The van der Waals surface area contributed by atoms with Gasteiger partial charge in [0, 0.05) is 12.2 Å². The molecule has 70 valence electrons. The largest absolute Gasteiger partial charge is 0.478 e. The fourth-order valence-corrected chi connectivity index (χ4v) is 0.364. The van der Waals surface area contributed by atoms with Crippen LogP contribution < -0.4 is 0 Å². The van der Waals surface area contributed by atoms with Crippen LogP contribution in [0.5, 0.6) is 0 Å². The summed E-state index contributed by atoms with van der Waals surface area (Å²) in [7, 11) is 0. The van der Waals surface area contributed by atoms with Crippen LogP contribution in [0.25, 0.3) is 0 Å². The second kappa shape index (κ2) is 5.64. The van der Waals surface area contributed by atoms with Crippen molar-refractivity contribution in [1.29, 1.82) is 0 Å². The second-order valence-corrected chi connectivity index (χ2v) is 1.86. The summed E-state index contributed by atoms with van der Waals surface area (Å²) in [6.07, 6.45) is 1.21. The summed E-state index contributed by atoms with van der Waals surface area (Å²) >= 11 is 0. The molecule has 0 unspecified atom stereocenters. The molecule has 0 aromatic carbocycles. The Morgan fingerprint density at radius 1 is 1.23 bits per heavy atom. The molecule has 0 saturated heterocycles. The third kappa shape index (κ3) is 6.42. The molecule has 0 heterocycles. The number of Topliss-reactive ketones (excluding diaryl/α,β-unsaturated/α-hetero) is 1. The van der Waals surface area contributed by atoms with E-state index in [9.17, 15) is 19.2 Å². The van der Waals surface area contributed by atoms with Gasteiger partial charge in [-0.15, -0.1) is 0 Å². The molecule has 0 aliphatic rings. The van der Waals surface area contributed by atoms with Crippen molar-refractivity contribution in [3.8, 4) is 0 Å². The molecule has 0 aliphatic heterocycles. The molecule has 0 spiro atoms. The van der Waals surface area contributed by atoms with Gasteiger partial charge in [0.05, 0.1) is 0 Å². The smallest absolute Gasteiger partial charge is 0.331 e. The van der Waals surface area contributed by atoms with Gasteiger partial charge < -0.3 is 9.84 Å². The van der Waals surface area contributed by atoms with Gasteiger partial charge in [-0.25, -0.2) is 9.59 Å². The minimum absolute atomic E-state index is 0.00812. The van der Waals surface area contributed by atoms with Gasteiger partial charge in [-0.2, -0.15) is 0 Å². The Bertz CT molecular complexity index is 264. The predicted molar refractivity (Wildman–Crippen MR) is 38.8 cm³/mol. The number of hydrogen-bond donors (Lipinski definition) is 1. The number of rotatable bonds is 5. The molecular formula is C7H6O6. The molecule has 0 aromatic rings. The van der Waals surface area contributed by atoms with E-state index in [1.165, 1.54) is 0 Å². The van der Waals surface area contributed by atoms with Gasteiger partial charge in [-0.3, -0.25) is 9.59 Å². The number of esters is 1. The van der Waals surface area contributed by atoms with Crippen molar-refractivity contribution < 1.29 is 29.0 Å². The molecule has 0 bridgehead atoms. The zero-order chi connectivity index (χ0) is 10.3. The topological polar surface area (TPSA) is 97.7 Å². The molecule has 0 aromatic heterocycles. The number of ketones is 1. The number of carboxylic acids is 1.